The molecule has 0 radical (unpaired) electrons. The summed E-state index contributed by atoms with van der Waals surface area (Å²) in [5.74, 6) is 2.04. The number of methoxy groups -OCH3 is 2. The second kappa shape index (κ2) is 6.50. The zero-order valence-corrected chi connectivity index (χ0v) is 13.5. The molecule has 7 heteroatoms. The van der Waals surface area contributed by atoms with Crippen LogP contribution in [0.4, 0.5) is 5.82 Å². The van der Waals surface area contributed by atoms with Gasteiger partial charge in [-0.05, 0) is 31.1 Å². The monoisotopic (exact) mass is 321 g/mol. The molecule has 1 fully saturated rings. The third-order valence-electron chi connectivity index (χ3n) is 3.75. The molecule has 6 nitrogen and oxygen atoms in total. The van der Waals surface area contributed by atoms with Gasteiger partial charge in [0.2, 0.25) is 0 Å². The Hall–Kier alpha value is -1.86. The van der Waals surface area contributed by atoms with Crippen molar-refractivity contribution >= 4 is 28.9 Å². The molecule has 118 valence electrons. The van der Waals surface area contributed by atoms with Crippen LogP contribution in [0.15, 0.2) is 12.1 Å². The lowest BCUT2D eigenvalue weighted by molar-refractivity contribution is 0.120. The van der Waals surface area contributed by atoms with E-state index in [1.807, 2.05) is 12.1 Å². The summed E-state index contributed by atoms with van der Waals surface area (Å²) in [5.41, 5.74) is 0.854. The molecule has 0 amide bonds. The summed E-state index contributed by atoms with van der Waals surface area (Å²) in [7, 11) is 3.22. The minimum absolute atomic E-state index is 0.231. The fourth-order valence-corrected chi connectivity index (χ4v) is 2.84. The zero-order chi connectivity index (χ0) is 15.5. The first kappa shape index (κ1) is 15.1. The Bertz CT molecular complexity index is 726. The molecule has 0 spiro atoms. The van der Waals surface area contributed by atoms with E-state index in [0.717, 1.165) is 42.7 Å². The van der Waals surface area contributed by atoms with Crippen LogP contribution < -0.4 is 14.8 Å². The van der Waals surface area contributed by atoms with Crippen molar-refractivity contribution in [3.8, 4) is 11.5 Å². The number of benzene rings is 1. The van der Waals surface area contributed by atoms with Crippen molar-refractivity contribution in [2.24, 2.45) is 0 Å². The second-order valence-corrected chi connectivity index (χ2v) is 5.55. The Morgan fingerprint density at radius 1 is 1.36 bits per heavy atom. The van der Waals surface area contributed by atoms with Crippen molar-refractivity contribution < 1.29 is 14.2 Å². The second-order valence-electron chi connectivity index (χ2n) is 5.16. The van der Waals surface area contributed by atoms with Crippen LogP contribution in [0, 0.1) is 4.77 Å². The normalized spacial score (nSPS) is 17.6. The minimum atomic E-state index is 0.231. The molecule has 1 atom stereocenters. The Kier molecular flexibility index (Phi) is 4.44. The van der Waals surface area contributed by atoms with Crippen LogP contribution in [0.5, 0.6) is 11.5 Å². The number of hydrogen-bond donors (Lipinski definition) is 2. The molecule has 0 unspecified atom stereocenters. The van der Waals surface area contributed by atoms with Gasteiger partial charge in [0.15, 0.2) is 16.3 Å². The van der Waals surface area contributed by atoms with E-state index in [9.17, 15) is 0 Å². The quantitative estimate of drug-likeness (QED) is 0.825. The van der Waals surface area contributed by atoms with E-state index in [-0.39, 0.29) is 6.10 Å². The number of rotatable bonds is 5. The Morgan fingerprint density at radius 3 is 2.82 bits per heavy atom. The first-order valence-corrected chi connectivity index (χ1v) is 7.63. The van der Waals surface area contributed by atoms with Gasteiger partial charge in [-0.3, -0.25) is 0 Å². The first-order valence-electron chi connectivity index (χ1n) is 7.23. The fraction of sp³-hybridized carbons (Fsp3) is 0.467. The largest absolute Gasteiger partial charge is 0.493 e. The van der Waals surface area contributed by atoms with Gasteiger partial charge in [0.1, 0.15) is 5.82 Å². The van der Waals surface area contributed by atoms with Gasteiger partial charge in [0, 0.05) is 24.6 Å². The smallest absolute Gasteiger partial charge is 0.199 e. The molecule has 1 aliphatic rings. The van der Waals surface area contributed by atoms with Crippen molar-refractivity contribution in [2.45, 2.75) is 18.9 Å². The third kappa shape index (κ3) is 3.00. The number of aromatic amines is 1. The van der Waals surface area contributed by atoms with E-state index in [1.54, 1.807) is 14.2 Å². The van der Waals surface area contributed by atoms with Gasteiger partial charge in [-0.1, -0.05) is 0 Å². The van der Waals surface area contributed by atoms with Crippen molar-refractivity contribution in [2.75, 3.05) is 32.7 Å². The topological polar surface area (TPSA) is 68.4 Å². The van der Waals surface area contributed by atoms with Gasteiger partial charge >= 0.3 is 0 Å². The predicted molar refractivity (Wildman–Crippen MR) is 87.5 cm³/mol. The molecule has 0 aliphatic carbocycles. The van der Waals surface area contributed by atoms with Crippen LogP contribution in [0.2, 0.25) is 0 Å². The van der Waals surface area contributed by atoms with Gasteiger partial charge in [-0.25, -0.2) is 4.98 Å². The van der Waals surface area contributed by atoms with E-state index in [0.29, 0.717) is 16.3 Å². The summed E-state index contributed by atoms with van der Waals surface area (Å²) in [6.45, 7) is 1.55. The van der Waals surface area contributed by atoms with Crippen LogP contribution in [0.3, 0.4) is 0 Å². The third-order valence-corrected chi connectivity index (χ3v) is 3.95. The number of nitrogens with one attached hydrogen (secondary N) is 2. The van der Waals surface area contributed by atoms with Crippen LogP contribution in [-0.2, 0) is 4.74 Å². The van der Waals surface area contributed by atoms with Gasteiger partial charge in [0.25, 0.3) is 0 Å². The highest BCUT2D eigenvalue weighted by Gasteiger charge is 2.16. The molecule has 22 heavy (non-hydrogen) atoms. The average molecular weight is 321 g/mol. The summed E-state index contributed by atoms with van der Waals surface area (Å²) < 4.78 is 16.7. The Labute approximate surface area is 133 Å². The molecular formula is C15H19N3O3S. The summed E-state index contributed by atoms with van der Waals surface area (Å²) in [6, 6.07) is 3.76. The molecule has 1 aliphatic heterocycles. The molecule has 2 aromatic rings. The standard InChI is InChI=1S/C15H19N3O3S/c1-19-12-6-10-11(7-13(12)20-2)17-15(22)18-14(10)16-8-9-4-3-5-21-9/h6-7,9H,3-5,8H2,1-2H3,(H2,16,17,18,22)/t9-/m1/s1. The van der Waals surface area contributed by atoms with E-state index in [1.165, 1.54) is 0 Å². The lowest BCUT2D eigenvalue weighted by Gasteiger charge is -2.14. The Balaban J connectivity index is 1.98. The zero-order valence-electron chi connectivity index (χ0n) is 12.6. The highest BCUT2D eigenvalue weighted by molar-refractivity contribution is 7.71. The highest BCUT2D eigenvalue weighted by Crippen LogP contribution is 2.33. The van der Waals surface area contributed by atoms with Gasteiger partial charge < -0.3 is 24.5 Å². The summed E-state index contributed by atoms with van der Waals surface area (Å²) in [6.07, 6.45) is 2.41. The minimum Gasteiger partial charge on any atom is -0.493 e. The first-order chi connectivity index (χ1) is 10.7. The molecule has 1 saturated heterocycles. The lowest BCUT2D eigenvalue weighted by Crippen LogP contribution is -2.19. The summed E-state index contributed by atoms with van der Waals surface area (Å²) >= 11 is 5.21. The van der Waals surface area contributed by atoms with Crippen molar-refractivity contribution in [3.05, 3.63) is 16.9 Å². The summed E-state index contributed by atoms with van der Waals surface area (Å²) in [4.78, 5) is 7.47. The van der Waals surface area contributed by atoms with Crippen LogP contribution >= 0.6 is 12.2 Å². The van der Waals surface area contributed by atoms with Gasteiger partial charge in [-0.15, -0.1) is 0 Å². The number of nitrogens with zero attached hydrogens (tertiary/aromatic N) is 1. The van der Waals surface area contributed by atoms with Gasteiger partial charge in [-0.2, -0.15) is 0 Å². The summed E-state index contributed by atoms with van der Waals surface area (Å²) in [5, 5.41) is 4.25. The molecule has 2 heterocycles. The average Bonchev–Trinajstić information content (AvgIpc) is 3.04. The van der Waals surface area contributed by atoms with E-state index in [4.69, 9.17) is 26.4 Å². The Morgan fingerprint density at radius 2 is 2.14 bits per heavy atom. The van der Waals surface area contributed by atoms with E-state index >= 15 is 0 Å². The molecular weight excluding hydrogens is 302 g/mol. The predicted octanol–water partition coefficient (Wildman–Crippen LogP) is 2.90. The highest BCUT2D eigenvalue weighted by atomic mass is 32.1. The maximum atomic E-state index is 5.63. The molecule has 1 aromatic carbocycles. The van der Waals surface area contributed by atoms with Crippen molar-refractivity contribution in [1.29, 1.82) is 0 Å². The van der Waals surface area contributed by atoms with E-state index < -0.39 is 0 Å². The molecule has 0 bridgehead atoms. The van der Waals surface area contributed by atoms with Crippen molar-refractivity contribution in [1.82, 2.24) is 9.97 Å². The maximum absolute atomic E-state index is 5.63. The van der Waals surface area contributed by atoms with Crippen LogP contribution in [0.1, 0.15) is 12.8 Å². The van der Waals surface area contributed by atoms with Gasteiger partial charge in [0.05, 0.1) is 25.8 Å². The van der Waals surface area contributed by atoms with E-state index in [2.05, 4.69) is 15.3 Å². The van der Waals surface area contributed by atoms with Crippen molar-refractivity contribution in [3.63, 3.8) is 0 Å². The lowest BCUT2D eigenvalue weighted by atomic mass is 10.2. The molecule has 2 N–H and O–H groups in total. The molecule has 1 aromatic heterocycles. The van der Waals surface area contributed by atoms with Crippen LogP contribution in [-0.4, -0.2) is 43.4 Å². The van der Waals surface area contributed by atoms with Crippen LogP contribution in [0.25, 0.3) is 10.9 Å². The number of fused-ring (bicyclic) bond motifs is 1. The number of anilines is 1. The fourth-order valence-electron chi connectivity index (χ4n) is 2.63. The SMILES string of the molecule is COc1cc2[nH]c(=S)nc(NC[C@H]3CCCO3)c2cc1OC. The number of aromatic nitrogens is 2. The number of ether oxygens (including phenoxy) is 3. The molecule has 3 rings (SSSR count). The molecule has 0 saturated carbocycles. The number of hydrogen-bond acceptors (Lipinski definition) is 6. The number of H-pyrrole nitrogens is 1. The maximum Gasteiger partial charge on any atom is 0.199 e.